The van der Waals surface area contributed by atoms with Crippen molar-refractivity contribution in [1.82, 2.24) is 10.2 Å². The molecule has 136 valence electrons. The van der Waals surface area contributed by atoms with Crippen LogP contribution in [0.4, 0.5) is 0 Å². The Labute approximate surface area is 168 Å². The minimum absolute atomic E-state index is 0.276. The summed E-state index contributed by atoms with van der Waals surface area (Å²) in [4.78, 5) is 0. The number of rotatable bonds is 5. The largest absolute Gasteiger partial charge is 0.421 e. The zero-order chi connectivity index (χ0) is 19.4. The third-order valence-electron chi connectivity index (χ3n) is 4.70. The fourth-order valence-electron chi connectivity index (χ4n) is 3.25. The second-order valence-corrected chi connectivity index (χ2v) is 6.87. The third-order valence-corrected chi connectivity index (χ3v) is 4.95. The van der Waals surface area contributed by atoms with Crippen LogP contribution in [0.5, 0.6) is 0 Å². The van der Waals surface area contributed by atoms with Gasteiger partial charge in [-0.2, -0.15) is 5.26 Å². The summed E-state index contributed by atoms with van der Waals surface area (Å²) in [6.45, 7) is 0. The normalized spacial score (nSPS) is 11.1. The fourth-order valence-corrected chi connectivity index (χ4v) is 3.37. The number of hydrogen-bond acceptors (Lipinski definition) is 4. The van der Waals surface area contributed by atoms with Gasteiger partial charge in [-0.25, -0.2) is 0 Å². The Hall–Kier alpha value is -3.42. The van der Waals surface area contributed by atoms with Gasteiger partial charge in [0.25, 0.3) is 0 Å². The van der Waals surface area contributed by atoms with Gasteiger partial charge in [-0.1, -0.05) is 72.3 Å². The highest BCUT2D eigenvalue weighted by atomic mass is 35.5. The molecule has 3 aromatic carbocycles. The first kappa shape index (κ1) is 18.0. The van der Waals surface area contributed by atoms with Gasteiger partial charge in [0.15, 0.2) is 0 Å². The van der Waals surface area contributed by atoms with E-state index in [0.717, 1.165) is 16.7 Å². The predicted molar refractivity (Wildman–Crippen MR) is 108 cm³/mol. The van der Waals surface area contributed by atoms with Crippen molar-refractivity contribution >= 4 is 11.6 Å². The maximum Gasteiger partial charge on any atom is 0.247 e. The molecule has 0 fully saturated rings. The van der Waals surface area contributed by atoms with Gasteiger partial charge in [0.1, 0.15) is 5.41 Å². The molecule has 4 aromatic rings. The quantitative estimate of drug-likeness (QED) is 0.458. The van der Waals surface area contributed by atoms with Crippen molar-refractivity contribution in [2.45, 2.75) is 11.8 Å². The number of nitriles is 1. The molecule has 5 heteroatoms. The smallest absolute Gasteiger partial charge is 0.247 e. The lowest BCUT2D eigenvalue weighted by Crippen LogP contribution is -2.29. The van der Waals surface area contributed by atoms with Crippen LogP contribution >= 0.6 is 11.6 Å². The van der Waals surface area contributed by atoms with Crippen molar-refractivity contribution in [3.05, 3.63) is 107 Å². The average molecular weight is 386 g/mol. The Bertz CT molecular complexity index is 1060. The molecule has 0 N–H and O–H groups in total. The van der Waals surface area contributed by atoms with Crippen molar-refractivity contribution in [1.29, 1.82) is 5.26 Å². The zero-order valence-corrected chi connectivity index (χ0v) is 15.7. The van der Waals surface area contributed by atoms with Crippen molar-refractivity contribution in [2.24, 2.45) is 0 Å². The molecule has 0 bridgehead atoms. The molecule has 0 radical (unpaired) electrons. The Morgan fingerprint density at radius 2 is 1.39 bits per heavy atom. The maximum atomic E-state index is 10.2. The first-order chi connectivity index (χ1) is 13.7. The number of nitrogens with zero attached hydrogens (tertiary/aromatic N) is 3. The monoisotopic (exact) mass is 385 g/mol. The van der Waals surface area contributed by atoms with E-state index in [4.69, 9.17) is 16.0 Å². The van der Waals surface area contributed by atoms with Crippen LogP contribution in [-0.4, -0.2) is 10.2 Å². The number of hydrogen-bond donors (Lipinski definition) is 0. The molecule has 0 aliphatic carbocycles. The van der Waals surface area contributed by atoms with E-state index in [1.807, 2.05) is 72.8 Å². The summed E-state index contributed by atoms with van der Waals surface area (Å²) < 4.78 is 5.89. The van der Waals surface area contributed by atoms with Crippen molar-refractivity contribution in [3.63, 3.8) is 0 Å². The van der Waals surface area contributed by atoms with Gasteiger partial charge in [-0.3, -0.25) is 0 Å². The SMILES string of the molecule is N#CC(Cc1nnc(-c2ccc(Cl)cc2)o1)(c1ccccc1)c1ccccc1. The minimum atomic E-state index is -0.924. The van der Waals surface area contributed by atoms with Crippen molar-refractivity contribution < 1.29 is 4.42 Å². The van der Waals surface area contributed by atoms with Crippen LogP contribution in [-0.2, 0) is 11.8 Å². The molecule has 1 heterocycles. The Morgan fingerprint density at radius 3 is 1.93 bits per heavy atom. The molecule has 0 unspecified atom stereocenters. The lowest BCUT2D eigenvalue weighted by atomic mass is 9.73. The summed E-state index contributed by atoms with van der Waals surface area (Å²) in [6, 6.07) is 29.1. The summed E-state index contributed by atoms with van der Waals surface area (Å²) in [6.07, 6.45) is 0.276. The van der Waals surface area contributed by atoms with Crippen molar-refractivity contribution in [3.8, 4) is 17.5 Å². The summed E-state index contributed by atoms with van der Waals surface area (Å²) in [7, 11) is 0. The molecule has 0 spiro atoms. The van der Waals surface area contributed by atoms with E-state index < -0.39 is 5.41 Å². The summed E-state index contributed by atoms with van der Waals surface area (Å²) >= 11 is 5.94. The minimum Gasteiger partial charge on any atom is -0.421 e. The third kappa shape index (κ3) is 3.40. The molecule has 0 amide bonds. The van der Waals surface area contributed by atoms with Gasteiger partial charge in [0.05, 0.1) is 12.5 Å². The van der Waals surface area contributed by atoms with E-state index in [2.05, 4.69) is 16.3 Å². The zero-order valence-electron chi connectivity index (χ0n) is 14.9. The van der Waals surface area contributed by atoms with E-state index in [0.29, 0.717) is 16.8 Å². The second kappa shape index (κ2) is 7.67. The van der Waals surface area contributed by atoms with Gasteiger partial charge in [-0.15, -0.1) is 10.2 Å². The highest BCUT2D eigenvalue weighted by Crippen LogP contribution is 2.35. The fraction of sp³-hybridized carbons (Fsp3) is 0.0870. The average Bonchev–Trinajstić information content (AvgIpc) is 3.22. The predicted octanol–water partition coefficient (Wildman–Crippen LogP) is 5.44. The van der Waals surface area contributed by atoms with Gasteiger partial charge in [-0.05, 0) is 35.4 Å². The van der Waals surface area contributed by atoms with Gasteiger partial charge in [0, 0.05) is 10.6 Å². The maximum absolute atomic E-state index is 10.2. The summed E-state index contributed by atoms with van der Waals surface area (Å²) in [5.41, 5.74) is 1.63. The van der Waals surface area contributed by atoms with Crippen LogP contribution in [0, 0.1) is 11.3 Å². The molecular weight excluding hydrogens is 370 g/mol. The highest BCUT2D eigenvalue weighted by molar-refractivity contribution is 6.30. The van der Waals surface area contributed by atoms with Crippen LogP contribution in [0.3, 0.4) is 0 Å². The molecule has 0 aliphatic heterocycles. The second-order valence-electron chi connectivity index (χ2n) is 6.43. The Balaban J connectivity index is 1.75. The molecule has 0 atom stereocenters. The summed E-state index contributed by atoms with van der Waals surface area (Å²) in [5.74, 6) is 0.804. The molecule has 0 saturated carbocycles. The van der Waals surface area contributed by atoms with E-state index in [9.17, 15) is 5.26 Å². The van der Waals surface area contributed by atoms with Crippen molar-refractivity contribution in [2.75, 3.05) is 0 Å². The van der Waals surface area contributed by atoms with Gasteiger partial charge < -0.3 is 4.42 Å². The molecule has 1 aromatic heterocycles. The van der Waals surface area contributed by atoms with E-state index in [1.54, 1.807) is 12.1 Å². The topological polar surface area (TPSA) is 62.7 Å². The van der Waals surface area contributed by atoms with Gasteiger partial charge in [0.2, 0.25) is 11.8 Å². The Morgan fingerprint density at radius 1 is 0.821 bits per heavy atom. The van der Waals surface area contributed by atoms with Crippen LogP contribution in [0.25, 0.3) is 11.5 Å². The van der Waals surface area contributed by atoms with Crippen LogP contribution in [0.15, 0.2) is 89.3 Å². The standard InChI is InChI=1S/C23H16ClN3O/c24-20-13-11-17(12-14-20)22-27-26-21(28-22)15-23(16-25,18-7-3-1-4-8-18)19-9-5-2-6-10-19/h1-14H,15H2. The number of halogens is 1. The molecule has 28 heavy (non-hydrogen) atoms. The lowest BCUT2D eigenvalue weighted by molar-refractivity contribution is 0.468. The van der Waals surface area contributed by atoms with E-state index in [-0.39, 0.29) is 6.42 Å². The van der Waals surface area contributed by atoms with Crippen LogP contribution in [0.2, 0.25) is 5.02 Å². The Kier molecular flexibility index (Phi) is 4.92. The first-order valence-corrected chi connectivity index (χ1v) is 9.20. The lowest BCUT2D eigenvalue weighted by Gasteiger charge is -2.26. The van der Waals surface area contributed by atoms with Crippen LogP contribution < -0.4 is 0 Å². The van der Waals surface area contributed by atoms with Crippen LogP contribution in [0.1, 0.15) is 17.0 Å². The molecule has 0 aliphatic rings. The highest BCUT2D eigenvalue weighted by Gasteiger charge is 2.36. The van der Waals surface area contributed by atoms with E-state index >= 15 is 0 Å². The number of benzene rings is 3. The molecule has 4 rings (SSSR count). The first-order valence-electron chi connectivity index (χ1n) is 8.82. The summed E-state index contributed by atoms with van der Waals surface area (Å²) in [5, 5.41) is 19.2. The number of aromatic nitrogens is 2. The molecular formula is C23H16ClN3O. The van der Waals surface area contributed by atoms with E-state index in [1.165, 1.54) is 0 Å². The molecule has 4 nitrogen and oxygen atoms in total. The van der Waals surface area contributed by atoms with Gasteiger partial charge >= 0.3 is 0 Å². The molecule has 0 saturated heterocycles.